The normalized spacial score (nSPS) is 22.2. The van der Waals surface area contributed by atoms with Crippen LogP contribution in [0.3, 0.4) is 0 Å². The maximum atomic E-state index is 12.1. The molecule has 0 radical (unpaired) electrons. The number of hydrogen-bond acceptors (Lipinski definition) is 2. The van der Waals surface area contributed by atoms with Crippen molar-refractivity contribution >= 4 is 5.91 Å². The maximum absolute atomic E-state index is 12.1. The molecule has 3 heteroatoms. The molecule has 0 aromatic heterocycles. The molecule has 1 aliphatic carbocycles. The fraction of sp³-hybridized carbons (Fsp3) is 0.588. The van der Waals surface area contributed by atoms with Gasteiger partial charge < -0.3 is 10.2 Å². The first-order valence-electron chi connectivity index (χ1n) is 7.83. The molecular formula is C17H24N2O. The minimum atomic E-state index is 0.279. The Balaban J connectivity index is 1.40. The Kier molecular flexibility index (Phi) is 4.36. The summed E-state index contributed by atoms with van der Waals surface area (Å²) in [7, 11) is 0. The van der Waals surface area contributed by atoms with Crippen LogP contribution in [0.4, 0.5) is 0 Å². The second-order valence-electron chi connectivity index (χ2n) is 6.26. The number of hydrogen-bond donors (Lipinski definition) is 1. The molecule has 1 amide bonds. The highest BCUT2D eigenvalue weighted by Crippen LogP contribution is 2.27. The van der Waals surface area contributed by atoms with Gasteiger partial charge >= 0.3 is 0 Å². The van der Waals surface area contributed by atoms with E-state index in [2.05, 4.69) is 35.6 Å². The van der Waals surface area contributed by atoms with Crippen LogP contribution in [0.2, 0.25) is 0 Å². The fourth-order valence-corrected chi connectivity index (χ4v) is 2.99. The number of carbonyl (C=O) groups is 1. The summed E-state index contributed by atoms with van der Waals surface area (Å²) >= 11 is 0. The SMILES string of the molecule is O=C(CNCC1CC1)N1CCC(Cc2ccccc2)C1. The molecule has 3 rings (SSSR count). The van der Waals surface area contributed by atoms with Crippen LogP contribution in [0.1, 0.15) is 24.8 Å². The predicted octanol–water partition coefficient (Wildman–Crippen LogP) is 2.08. The highest BCUT2D eigenvalue weighted by Gasteiger charge is 2.26. The maximum Gasteiger partial charge on any atom is 0.236 e. The zero-order chi connectivity index (χ0) is 13.8. The van der Waals surface area contributed by atoms with Crippen molar-refractivity contribution in [2.75, 3.05) is 26.2 Å². The minimum Gasteiger partial charge on any atom is -0.341 e. The van der Waals surface area contributed by atoms with Crippen LogP contribution in [-0.2, 0) is 11.2 Å². The van der Waals surface area contributed by atoms with E-state index in [-0.39, 0.29) is 5.91 Å². The van der Waals surface area contributed by atoms with Gasteiger partial charge in [-0.2, -0.15) is 0 Å². The molecular weight excluding hydrogens is 248 g/mol. The van der Waals surface area contributed by atoms with Gasteiger partial charge in [-0.15, -0.1) is 0 Å². The van der Waals surface area contributed by atoms with Crippen molar-refractivity contribution in [3.63, 3.8) is 0 Å². The largest absolute Gasteiger partial charge is 0.341 e. The molecule has 1 N–H and O–H groups in total. The van der Waals surface area contributed by atoms with Crippen LogP contribution in [0, 0.1) is 11.8 Å². The van der Waals surface area contributed by atoms with E-state index in [9.17, 15) is 4.79 Å². The van der Waals surface area contributed by atoms with E-state index in [0.717, 1.165) is 38.4 Å². The van der Waals surface area contributed by atoms with E-state index >= 15 is 0 Å². The molecule has 0 spiro atoms. The average Bonchev–Trinajstić information content (AvgIpc) is 3.17. The van der Waals surface area contributed by atoms with Gasteiger partial charge in [-0.1, -0.05) is 30.3 Å². The van der Waals surface area contributed by atoms with Crippen LogP contribution in [0.5, 0.6) is 0 Å². The highest BCUT2D eigenvalue weighted by molar-refractivity contribution is 5.78. The van der Waals surface area contributed by atoms with Crippen molar-refractivity contribution in [2.24, 2.45) is 11.8 Å². The average molecular weight is 272 g/mol. The molecule has 1 atom stereocenters. The van der Waals surface area contributed by atoms with E-state index in [0.29, 0.717) is 12.5 Å². The summed E-state index contributed by atoms with van der Waals surface area (Å²) < 4.78 is 0. The van der Waals surface area contributed by atoms with Crippen LogP contribution < -0.4 is 5.32 Å². The number of likely N-dealkylation sites (tertiary alicyclic amines) is 1. The Labute approximate surface area is 121 Å². The van der Waals surface area contributed by atoms with Gasteiger partial charge in [0.25, 0.3) is 0 Å². The van der Waals surface area contributed by atoms with Gasteiger partial charge in [0.15, 0.2) is 0 Å². The number of rotatable bonds is 6. The summed E-state index contributed by atoms with van der Waals surface area (Å²) in [6.07, 6.45) is 4.91. The summed E-state index contributed by atoms with van der Waals surface area (Å²) in [4.78, 5) is 14.1. The van der Waals surface area contributed by atoms with E-state index in [1.165, 1.54) is 18.4 Å². The van der Waals surface area contributed by atoms with Crippen molar-refractivity contribution in [2.45, 2.75) is 25.7 Å². The predicted molar refractivity (Wildman–Crippen MR) is 80.4 cm³/mol. The molecule has 3 nitrogen and oxygen atoms in total. The van der Waals surface area contributed by atoms with Crippen LogP contribution >= 0.6 is 0 Å². The van der Waals surface area contributed by atoms with Crippen LogP contribution in [-0.4, -0.2) is 37.0 Å². The van der Waals surface area contributed by atoms with Gasteiger partial charge in [0, 0.05) is 13.1 Å². The third-order valence-electron chi connectivity index (χ3n) is 4.41. The first-order valence-corrected chi connectivity index (χ1v) is 7.83. The molecule has 2 fully saturated rings. The van der Waals surface area contributed by atoms with Crippen molar-refractivity contribution in [1.29, 1.82) is 0 Å². The Morgan fingerprint density at radius 1 is 1.15 bits per heavy atom. The van der Waals surface area contributed by atoms with E-state index in [1.807, 2.05) is 4.90 Å². The van der Waals surface area contributed by atoms with Gasteiger partial charge in [-0.25, -0.2) is 0 Å². The third kappa shape index (κ3) is 3.83. The number of nitrogens with one attached hydrogen (secondary N) is 1. The van der Waals surface area contributed by atoms with Crippen LogP contribution in [0.15, 0.2) is 30.3 Å². The van der Waals surface area contributed by atoms with E-state index < -0.39 is 0 Å². The topological polar surface area (TPSA) is 32.3 Å². The molecule has 1 saturated heterocycles. The molecule has 0 bridgehead atoms. The van der Waals surface area contributed by atoms with Crippen molar-refractivity contribution in [3.05, 3.63) is 35.9 Å². The van der Waals surface area contributed by atoms with Crippen molar-refractivity contribution in [3.8, 4) is 0 Å². The Hall–Kier alpha value is -1.35. The number of carbonyl (C=O) groups excluding carboxylic acids is 1. The minimum absolute atomic E-state index is 0.279. The quantitative estimate of drug-likeness (QED) is 0.860. The molecule has 1 aromatic rings. The Bertz CT molecular complexity index is 442. The molecule has 108 valence electrons. The first kappa shape index (κ1) is 13.6. The lowest BCUT2D eigenvalue weighted by atomic mass is 9.99. The molecule has 2 aliphatic rings. The summed E-state index contributed by atoms with van der Waals surface area (Å²) in [6.45, 7) is 3.40. The number of benzene rings is 1. The van der Waals surface area contributed by atoms with Crippen LogP contribution in [0.25, 0.3) is 0 Å². The summed E-state index contributed by atoms with van der Waals surface area (Å²) in [6, 6.07) is 10.6. The summed E-state index contributed by atoms with van der Waals surface area (Å²) in [5, 5.41) is 3.30. The lowest BCUT2D eigenvalue weighted by molar-refractivity contribution is -0.129. The number of nitrogens with zero attached hydrogens (tertiary/aromatic N) is 1. The Morgan fingerprint density at radius 3 is 2.70 bits per heavy atom. The Morgan fingerprint density at radius 2 is 1.95 bits per heavy atom. The second kappa shape index (κ2) is 6.40. The fourth-order valence-electron chi connectivity index (χ4n) is 2.99. The molecule has 1 aliphatic heterocycles. The molecule has 1 saturated carbocycles. The van der Waals surface area contributed by atoms with E-state index in [1.54, 1.807) is 0 Å². The van der Waals surface area contributed by atoms with Gasteiger partial charge in [-0.05, 0) is 49.6 Å². The third-order valence-corrected chi connectivity index (χ3v) is 4.41. The van der Waals surface area contributed by atoms with Gasteiger partial charge in [0.05, 0.1) is 6.54 Å². The standard InChI is InChI=1S/C17H24N2O/c20-17(12-18-11-15-6-7-15)19-9-8-16(13-19)10-14-4-2-1-3-5-14/h1-5,15-16,18H,6-13H2. The first-order chi connectivity index (χ1) is 9.81. The highest BCUT2D eigenvalue weighted by atomic mass is 16.2. The zero-order valence-electron chi connectivity index (χ0n) is 12.1. The van der Waals surface area contributed by atoms with Gasteiger partial charge in [0.1, 0.15) is 0 Å². The molecule has 1 aromatic carbocycles. The zero-order valence-corrected chi connectivity index (χ0v) is 12.1. The monoisotopic (exact) mass is 272 g/mol. The smallest absolute Gasteiger partial charge is 0.236 e. The van der Waals surface area contributed by atoms with Gasteiger partial charge in [0.2, 0.25) is 5.91 Å². The summed E-state index contributed by atoms with van der Waals surface area (Å²) in [5.41, 5.74) is 1.39. The second-order valence-corrected chi connectivity index (χ2v) is 6.26. The van der Waals surface area contributed by atoms with E-state index in [4.69, 9.17) is 0 Å². The lowest BCUT2D eigenvalue weighted by Gasteiger charge is -2.17. The molecule has 1 heterocycles. The number of amides is 1. The van der Waals surface area contributed by atoms with Gasteiger partial charge in [-0.3, -0.25) is 4.79 Å². The summed E-state index contributed by atoms with van der Waals surface area (Å²) in [5.74, 6) is 1.75. The lowest BCUT2D eigenvalue weighted by Crippen LogP contribution is -2.37. The molecule has 1 unspecified atom stereocenters. The van der Waals surface area contributed by atoms with Crippen molar-refractivity contribution < 1.29 is 4.79 Å². The van der Waals surface area contributed by atoms with Crippen molar-refractivity contribution in [1.82, 2.24) is 10.2 Å². The molecule has 20 heavy (non-hydrogen) atoms.